The van der Waals surface area contributed by atoms with Gasteiger partial charge in [-0.15, -0.1) is 0 Å². The summed E-state index contributed by atoms with van der Waals surface area (Å²) in [6.07, 6.45) is 0. The molecule has 4 nitrogen and oxygen atoms in total. The van der Waals surface area contributed by atoms with Crippen LogP contribution in [0.3, 0.4) is 0 Å². The molecule has 1 aromatic carbocycles. The van der Waals surface area contributed by atoms with Crippen molar-refractivity contribution in [2.45, 2.75) is 19.9 Å². The van der Waals surface area contributed by atoms with Crippen LogP contribution in [0, 0.1) is 6.92 Å². The van der Waals surface area contributed by atoms with Crippen molar-refractivity contribution in [2.75, 3.05) is 26.9 Å². The highest BCUT2D eigenvalue weighted by atomic mass is 16.7. The summed E-state index contributed by atoms with van der Waals surface area (Å²) in [6, 6.07) is 4.42. The lowest BCUT2D eigenvalue weighted by Crippen LogP contribution is -2.29. The van der Waals surface area contributed by atoms with Crippen LogP contribution in [0.5, 0.6) is 11.5 Å². The fourth-order valence-corrected chi connectivity index (χ4v) is 2.09. The molecular weight excluding hydrogens is 216 g/mol. The normalized spacial score (nSPS) is 15.0. The van der Waals surface area contributed by atoms with E-state index in [4.69, 9.17) is 9.47 Å². The number of aryl methyl sites for hydroxylation is 1. The van der Waals surface area contributed by atoms with Gasteiger partial charge in [0, 0.05) is 12.6 Å². The van der Waals surface area contributed by atoms with E-state index in [1.807, 2.05) is 13.1 Å². The monoisotopic (exact) mass is 236 g/mol. The van der Waals surface area contributed by atoms with Crippen molar-refractivity contribution in [1.29, 1.82) is 0 Å². The van der Waals surface area contributed by atoms with Crippen molar-refractivity contribution >= 4 is 0 Å². The van der Waals surface area contributed by atoms with Gasteiger partial charge in [0.15, 0.2) is 11.5 Å². The average molecular weight is 236 g/mol. The summed E-state index contributed by atoms with van der Waals surface area (Å²) in [6.45, 7) is 6.43. The van der Waals surface area contributed by atoms with Crippen LogP contribution in [-0.2, 0) is 0 Å². The molecule has 1 atom stereocenters. The number of fused-ring (bicyclic) bond motifs is 1. The molecule has 0 saturated heterocycles. The summed E-state index contributed by atoms with van der Waals surface area (Å²) in [5.41, 5.74) is 2.49. The summed E-state index contributed by atoms with van der Waals surface area (Å²) < 4.78 is 10.8. The zero-order valence-electron chi connectivity index (χ0n) is 10.7. The molecule has 0 saturated carbocycles. The minimum Gasteiger partial charge on any atom is -0.454 e. The standard InChI is InChI=1S/C13H20N2O2/c1-4-15-7-11(14-3)10-6-13-12(5-9(10)2)16-8-17-13/h5-6,11,14-15H,4,7-8H2,1-3H3. The number of nitrogens with one attached hydrogen (secondary N) is 2. The number of ether oxygens (including phenoxy) is 2. The van der Waals surface area contributed by atoms with E-state index in [1.54, 1.807) is 0 Å². The molecule has 0 spiro atoms. The van der Waals surface area contributed by atoms with Crippen LogP contribution in [0.25, 0.3) is 0 Å². The maximum atomic E-state index is 5.42. The van der Waals surface area contributed by atoms with E-state index < -0.39 is 0 Å². The van der Waals surface area contributed by atoms with Crippen molar-refractivity contribution in [3.8, 4) is 11.5 Å². The van der Waals surface area contributed by atoms with Crippen molar-refractivity contribution in [2.24, 2.45) is 0 Å². The summed E-state index contributed by atoms with van der Waals surface area (Å²) in [5.74, 6) is 1.70. The molecule has 0 fully saturated rings. The summed E-state index contributed by atoms with van der Waals surface area (Å²) in [5, 5.41) is 6.68. The molecule has 1 heterocycles. The molecule has 94 valence electrons. The summed E-state index contributed by atoms with van der Waals surface area (Å²) in [4.78, 5) is 0. The maximum absolute atomic E-state index is 5.42. The van der Waals surface area contributed by atoms with E-state index in [0.29, 0.717) is 12.8 Å². The van der Waals surface area contributed by atoms with Gasteiger partial charge in [-0.05, 0) is 43.8 Å². The molecule has 0 aromatic heterocycles. The lowest BCUT2D eigenvalue weighted by atomic mass is 10.0. The van der Waals surface area contributed by atoms with Gasteiger partial charge in [-0.2, -0.15) is 0 Å². The molecular formula is C13H20N2O2. The van der Waals surface area contributed by atoms with Gasteiger partial charge in [0.2, 0.25) is 6.79 Å². The lowest BCUT2D eigenvalue weighted by molar-refractivity contribution is 0.174. The first-order valence-electron chi connectivity index (χ1n) is 6.04. The molecule has 1 aromatic rings. The zero-order valence-corrected chi connectivity index (χ0v) is 10.7. The van der Waals surface area contributed by atoms with Crippen LogP contribution >= 0.6 is 0 Å². The van der Waals surface area contributed by atoms with Crippen molar-refractivity contribution in [1.82, 2.24) is 10.6 Å². The van der Waals surface area contributed by atoms with Crippen LogP contribution in [0.1, 0.15) is 24.1 Å². The van der Waals surface area contributed by atoms with Crippen LogP contribution in [0.4, 0.5) is 0 Å². The molecule has 0 amide bonds. The van der Waals surface area contributed by atoms with Crippen molar-refractivity contribution in [3.63, 3.8) is 0 Å². The fourth-order valence-electron chi connectivity index (χ4n) is 2.09. The van der Waals surface area contributed by atoms with Crippen LogP contribution in [0.2, 0.25) is 0 Å². The minimum atomic E-state index is 0.296. The highest BCUT2D eigenvalue weighted by molar-refractivity contribution is 5.49. The van der Waals surface area contributed by atoms with E-state index in [9.17, 15) is 0 Å². The molecule has 2 rings (SSSR count). The fraction of sp³-hybridized carbons (Fsp3) is 0.538. The molecule has 1 aliphatic heterocycles. The van der Waals surface area contributed by atoms with Gasteiger partial charge < -0.3 is 20.1 Å². The third kappa shape index (κ3) is 2.53. The molecule has 17 heavy (non-hydrogen) atoms. The third-order valence-electron chi connectivity index (χ3n) is 3.08. The van der Waals surface area contributed by atoms with Crippen molar-refractivity contribution < 1.29 is 9.47 Å². The second-order valence-electron chi connectivity index (χ2n) is 4.21. The minimum absolute atomic E-state index is 0.296. The molecule has 1 unspecified atom stereocenters. The Morgan fingerprint density at radius 1 is 1.29 bits per heavy atom. The number of hydrogen-bond donors (Lipinski definition) is 2. The second-order valence-corrected chi connectivity index (χ2v) is 4.21. The first-order chi connectivity index (χ1) is 8.26. The topological polar surface area (TPSA) is 42.5 Å². The highest BCUT2D eigenvalue weighted by Crippen LogP contribution is 2.36. The van der Waals surface area contributed by atoms with Gasteiger partial charge in [0.1, 0.15) is 0 Å². The largest absolute Gasteiger partial charge is 0.454 e. The molecule has 2 N–H and O–H groups in total. The van der Waals surface area contributed by atoms with E-state index in [0.717, 1.165) is 24.6 Å². The molecule has 0 bridgehead atoms. The predicted octanol–water partition coefficient (Wildman–Crippen LogP) is 1.59. The Morgan fingerprint density at radius 2 is 2.00 bits per heavy atom. The Labute approximate surface area is 102 Å². The van der Waals surface area contributed by atoms with Gasteiger partial charge in [-0.1, -0.05) is 6.92 Å². The van der Waals surface area contributed by atoms with Crippen LogP contribution in [-0.4, -0.2) is 26.9 Å². The number of benzene rings is 1. The maximum Gasteiger partial charge on any atom is 0.231 e. The van der Waals surface area contributed by atoms with Gasteiger partial charge in [-0.3, -0.25) is 0 Å². The summed E-state index contributed by atoms with van der Waals surface area (Å²) in [7, 11) is 1.98. The van der Waals surface area contributed by atoms with Crippen LogP contribution in [0.15, 0.2) is 12.1 Å². The van der Waals surface area contributed by atoms with Crippen LogP contribution < -0.4 is 20.1 Å². The van der Waals surface area contributed by atoms with Gasteiger partial charge in [-0.25, -0.2) is 0 Å². The molecule has 1 aliphatic rings. The quantitative estimate of drug-likeness (QED) is 0.815. The Hall–Kier alpha value is -1.26. The first kappa shape index (κ1) is 12.2. The SMILES string of the molecule is CCNCC(NC)c1cc2c(cc1C)OCO2. The zero-order chi connectivity index (χ0) is 12.3. The smallest absolute Gasteiger partial charge is 0.231 e. The second kappa shape index (κ2) is 5.38. The Balaban J connectivity index is 2.24. The Bertz CT molecular complexity index is 393. The molecule has 0 radical (unpaired) electrons. The number of rotatable bonds is 5. The van der Waals surface area contributed by atoms with Gasteiger partial charge in [0.25, 0.3) is 0 Å². The van der Waals surface area contributed by atoms with Gasteiger partial charge >= 0.3 is 0 Å². The molecule has 0 aliphatic carbocycles. The van der Waals surface area contributed by atoms with Crippen molar-refractivity contribution in [3.05, 3.63) is 23.3 Å². The van der Waals surface area contributed by atoms with E-state index in [1.165, 1.54) is 11.1 Å². The van der Waals surface area contributed by atoms with E-state index in [-0.39, 0.29) is 0 Å². The third-order valence-corrected chi connectivity index (χ3v) is 3.08. The van der Waals surface area contributed by atoms with E-state index in [2.05, 4.69) is 30.5 Å². The lowest BCUT2D eigenvalue weighted by Gasteiger charge is -2.19. The van der Waals surface area contributed by atoms with E-state index >= 15 is 0 Å². The number of likely N-dealkylation sites (N-methyl/N-ethyl adjacent to an activating group) is 2. The average Bonchev–Trinajstić information content (AvgIpc) is 2.77. The highest BCUT2D eigenvalue weighted by Gasteiger charge is 2.19. The Morgan fingerprint density at radius 3 is 2.65 bits per heavy atom. The summed E-state index contributed by atoms with van der Waals surface area (Å²) >= 11 is 0. The molecule has 4 heteroatoms. The predicted molar refractivity (Wildman–Crippen MR) is 67.6 cm³/mol. The Kier molecular flexibility index (Phi) is 3.86. The first-order valence-corrected chi connectivity index (χ1v) is 6.04. The van der Waals surface area contributed by atoms with Gasteiger partial charge in [0.05, 0.1) is 0 Å². The number of hydrogen-bond acceptors (Lipinski definition) is 4.